The van der Waals surface area contributed by atoms with Crippen LogP contribution in [0.2, 0.25) is 0 Å². The lowest BCUT2D eigenvalue weighted by atomic mass is 10.0. The van der Waals surface area contributed by atoms with E-state index in [1.54, 1.807) is 0 Å². The molecule has 0 aliphatic rings. The Labute approximate surface area is 605 Å². The molecule has 0 N–H and O–H groups in total. The molecule has 0 aromatic carbocycles. The molecule has 10 heteroatoms. The molecule has 0 aromatic heterocycles. The molecule has 0 aliphatic carbocycles. The molecule has 560 valence electrons. The number of ether oxygens (including phenoxy) is 2. The SMILES string of the molecule is CC/C=C\C/C=C\C/C=C\C/C=C\C/C=C\C/C=C\C/C=C\C/C=C\C/C=C\CCCCCCCC(=O)OC(COC(=O)CCCCCCCCCCCCCCCCCCCCCCCCCCCCCC/C=C\C/C=C\C/C=C\C/C=C\CC)COP(=O)([O-])OCC[N+](C)(C)C. The van der Waals surface area contributed by atoms with E-state index in [0.29, 0.717) is 17.4 Å². The van der Waals surface area contributed by atoms with Gasteiger partial charge in [-0.2, -0.15) is 0 Å². The monoisotopic (exact) mass is 1380 g/mol. The number of likely N-dealkylation sites (N-methyl/N-ethyl adjacent to an activating group) is 1. The van der Waals surface area contributed by atoms with Crippen LogP contribution in [-0.2, 0) is 32.7 Å². The van der Waals surface area contributed by atoms with Gasteiger partial charge < -0.3 is 27.9 Å². The normalized spacial score (nSPS) is 13.9. The zero-order valence-electron chi connectivity index (χ0n) is 63.9. The van der Waals surface area contributed by atoms with E-state index < -0.39 is 26.5 Å². The number of hydrogen-bond acceptors (Lipinski definition) is 8. The molecule has 9 nitrogen and oxygen atoms in total. The first-order valence-corrected chi connectivity index (χ1v) is 41.7. The third-order valence-electron chi connectivity index (χ3n) is 17.0. The van der Waals surface area contributed by atoms with E-state index in [4.69, 9.17) is 18.5 Å². The van der Waals surface area contributed by atoms with Crippen molar-refractivity contribution in [3.05, 3.63) is 158 Å². The standard InChI is InChI=1S/C88H150NO8P/c1-6-8-10-12-14-16-18-20-22-24-26-28-30-32-34-36-38-40-41-42-43-44-45-46-47-49-50-52-54-56-58-60-62-64-66-68-70-72-74-76-78-80-87(90)94-84-86(85-96-98(92,93)95-83-82-89(3,4)5)97-88(91)81-79-77-75-73-71-69-67-65-63-61-59-57-55-53-51-48-39-37-35-33-31-29-27-25-23-21-19-17-15-13-11-9-7-2/h8-11,14-17,20-23,26-29,33,35,39,48,53,55,59,61,65,67,86H,6-7,12-13,18-19,24-25,30-32,34,36-38,40-47,49-52,54,56-58,60,62-64,66,68-85H2,1-5H3/b10-8-,11-9-,16-14-,17-15-,22-20-,23-21-,28-26-,29-27-,35-33-,48-39-,55-53-,61-59-,67-65-. The average molecular weight is 1380 g/mol. The van der Waals surface area contributed by atoms with Crippen molar-refractivity contribution in [2.45, 2.75) is 341 Å². The highest BCUT2D eigenvalue weighted by Gasteiger charge is 2.22. The Hall–Kier alpha value is -4.37. The van der Waals surface area contributed by atoms with Gasteiger partial charge in [0, 0.05) is 12.8 Å². The molecule has 0 saturated carbocycles. The van der Waals surface area contributed by atoms with Gasteiger partial charge in [0.1, 0.15) is 19.8 Å². The quantitative estimate of drug-likeness (QED) is 0.0195. The van der Waals surface area contributed by atoms with Crippen LogP contribution >= 0.6 is 7.82 Å². The van der Waals surface area contributed by atoms with Crippen molar-refractivity contribution in [3.8, 4) is 0 Å². The second-order valence-corrected chi connectivity index (χ2v) is 29.1. The summed E-state index contributed by atoms with van der Waals surface area (Å²) in [6.45, 7) is 4.01. The van der Waals surface area contributed by atoms with E-state index in [2.05, 4.69) is 172 Å². The Bertz CT molecular complexity index is 2220. The summed E-state index contributed by atoms with van der Waals surface area (Å²) < 4.78 is 34.4. The predicted octanol–water partition coefficient (Wildman–Crippen LogP) is 26.4. The third-order valence-corrected chi connectivity index (χ3v) is 18.0. The van der Waals surface area contributed by atoms with Gasteiger partial charge in [0.25, 0.3) is 7.82 Å². The first kappa shape index (κ1) is 93.6. The fraction of sp³-hybridized carbons (Fsp3) is 0.682. The lowest BCUT2D eigenvalue weighted by Gasteiger charge is -2.28. The number of unbranched alkanes of at least 4 members (excludes halogenated alkanes) is 33. The second kappa shape index (κ2) is 76.8. The summed E-state index contributed by atoms with van der Waals surface area (Å²) in [5, 5.41) is 0. The molecular weight excluding hydrogens is 1230 g/mol. The molecule has 0 fully saturated rings. The number of hydrogen-bond donors (Lipinski definition) is 0. The summed E-state index contributed by atoms with van der Waals surface area (Å²) in [6.07, 6.45) is 115. The van der Waals surface area contributed by atoms with Crippen LogP contribution in [0.4, 0.5) is 0 Å². The van der Waals surface area contributed by atoms with E-state index in [9.17, 15) is 19.0 Å². The van der Waals surface area contributed by atoms with Gasteiger partial charge >= 0.3 is 11.9 Å². The molecule has 98 heavy (non-hydrogen) atoms. The molecule has 2 atom stereocenters. The lowest BCUT2D eigenvalue weighted by Crippen LogP contribution is -2.37. The van der Waals surface area contributed by atoms with Crippen molar-refractivity contribution in [1.82, 2.24) is 0 Å². The van der Waals surface area contributed by atoms with Crippen LogP contribution < -0.4 is 4.89 Å². The topological polar surface area (TPSA) is 111 Å². The molecular formula is C88H150NO8P. The van der Waals surface area contributed by atoms with Gasteiger partial charge in [0.15, 0.2) is 6.10 Å². The Morgan fingerprint density at radius 2 is 0.551 bits per heavy atom. The van der Waals surface area contributed by atoms with E-state index in [-0.39, 0.29) is 32.0 Å². The van der Waals surface area contributed by atoms with Crippen molar-refractivity contribution in [3.63, 3.8) is 0 Å². The van der Waals surface area contributed by atoms with Crippen molar-refractivity contribution in [1.29, 1.82) is 0 Å². The number of allylic oxidation sites excluding steroid dienone is 26. The average Bonchev–Trinajstić information content (AvgIpc) is 1.08. The highest BCUT2D eigenvalue weighted by molar-refractivity contribution is 7.45. The molecule has 0 aliphatic heterocycles. The molecule has 0 heterocycles. The highest BCUT2D eigenvalue weighted by atomic mass is 31.2. The van der Waals surface area contributed by atoms with Crippen LogP contribution in [0.5, 0.6) is 0 Å². The predicted molar refractivity (Wildman–Crippen MR) is 424 cm³/mol. The van der Waals surface area contributed by atoms with Gasteiger partial charge in [-0.1, -0.05) is 358 Å². The summed E-state index contributed by atoms with van der Waals surface area (Å²) >= 11 is 0. The van der Waals surface area contributed by atoms with Crippen LogP contribution in [-0.4, -0.2) is 70.0 Å². The maximum absolute atomic E-state index is 12.9. The Kier molecular flexibility index (Phi) is 73.4. The summed E-state index contributed by atoms with van der Waals surface area (Å²) in [7, 11) is 1.14. The van der Waals surface area contributed by atoms with E-state index in [0.717, 1.165) is 135 Å². The van der Waals surface area contributed by atoms with Gasteiger partial charge in [-0.3, -0.25) is 14.2 Å². The minimum absolute atomic E-state index is 0.0408. The first-order chi connectivity index (χ1) is 48.0. The molecule has 0 spiro atoms. The van der Waals surface area contributed by atoms with Crippen LogP contribution in [0.1, 0.15) is 335 Å². The summed E-state index contributed by atoms with van der Waals surface area (Å²) in [5.74, 6) is -0.852. The van der Waals surface area contributed by atoms with Crippen LogP contribution in [0, 0.1) is 0 Å². The van der Waals surface area contributed by atoms with Gasteiger partial charge in [-0.25, -0.2) is 0 Å². The first-order valence-electron chi connectivity index (χ1n) is 40.2. The molecule has 0 rings (SSSR count). The zero-order valence-corrected chi connectivity index (χ0v) is 64.8. The van der Waals surface area contributed by atoms with Gasteiger partial charge in [-0.05, 0) is 122 Å². The number of carbonyl (C=O) groups is 2. The minimum Gasteiger partial charge on any atom is -0.756 e. The zero-order chi connectivity index (χ0) is 71.1. The number of quaternary nitrogens is 1. The molecule has 0 radical (unpaired) electrons. The summed E-state index contributed by atoms with van der Waals surface area (Å²) in [6, 6.07) is 0. The second-order valence-electron chi connectivity index (χ2n) is 27.7. The van der Waals surface area contributed by atoms with Crippen molar-refractivity contribution in [2.75, 3.05) is 47.5 Å². The Morgan fingerprint density at radius 1 is 0.316 bits per heavy atom. The van der Waals surface area contributed by atoms with Gasteiger partial charge in [0.2, 0.25) is 0 Å². The summed E-state index contributed by atoms with van der Waals surface area (Å²) in [4.78, 5) is 38.2. The summed E-state index contributed by atoms with van der Waals surface area (Å²) in [5.41, 5.74) is 0. The number of carbonyl (C=O) groups excluding carboxylic acids is 2. The number of nitrogens with zero attached hydrogens (tertiary/aromatic N) is 1. The maximum atomic E-state index is 12.9. The van der Waals surface area contributed by atoms with Gasteiger partial charge in [0.05, 0.1) is 27.7 Å². The van der Waals surface area contributed by atoms with Crippen molar-refractivity contribution < 1.29 is 42.1 Å². The Morgan fingerprint density at radius 3 is 0.816 bits per heavy atom. The van der Waals surface area contributed by atoms with Gasteiger partial charge in [-0.15, -0.1) is 0 Å². The largest absolute Gasteiger partial charge is 0.756 e. The molecule has 2 unspecified atom stereocenters. The minimum atomic E-state index is -4.66. The molecule has 0 amide bonds. The van der Waals surface area contributed by atoms with Crippen LogP contribution in [0.25, 0.3) is 0 Å². The van der Waals surface area contributed by atoms with E-state index >= 15 is 0 Å². The smallest absolute Gasteiger partial charge is 0.306 e. The number of phosphoric acid groups is 1. The van der Waals surface area contributed by atoms with Crippen molar-refractivity contribution in [2.24, 2.45) is 0 Å². The Balaban J connectivity index is 3.99. The van der Waals surface area contributed by atoms with E-state index in [1.807, 2.05) is 21.1 Å². The number of esters is 2. The molecule has 0 bridgehead atoms. The van der Waals surface area contributed by atoms with E-state index in [1.165, 1.54) is 167 Å². The lowest BCUT2D eigenvalue weighted by molar-refractivity contribution is -0.870. The number of phosphoric ester groups is 1. The number of rotatable bonds is 73. The third kappa shape index (κ3) is 80.6. The fourth-order valence-electron chi connectivity index (χ4n) is 11.0. The molecule has 0 aromatic rings. The highest BCUT2D eigenvalue weighted by Crippen LogP contribution is 2.38. The van der Waals surface area contributed by atoms with Crippen molar-refractivity contribution >= 4 is 19.8 Å². The van der Waals surface area contributed by atoms with Crippen LogP contribution in [0.15, 0.2) is 158 Å². The maximum Gasteiger partial charge on any atom is 0.306 e. The fourth-order valence-corrected chi connectivity index (χ4v) is 11.7. The molecule has 0 saturated heterocycles. The van der Waals surface area contributed by atoms with Crippen LogP contribution in [0.3, 0.4) is 0 Å².